The number of carbonyl (C=O) groups is 1. The fourth-order valence-corrected chi connectivity index (χ4v) is 3.30. The van der Waals surface area contributed by atoms with Crippen molar-refractivity contribution < 1.29 is 4.79 Å². The van der Waals surface area contributed by atoms with Gasteiger partial charge in [-0.3, -0.25) is 19.1 Å². The Balaban J connectivity index is 1.44. The second kappa shape index (κ2) is 8.20. The van der Waals surface area contributed by atoms with Gasteiger partial charge in [0.2, 0.25) is 5.56 Å². The highest BCUT2D eigenvalue weighted by molar-refractivity contribution is 5.95. The summed E-state index contributed by atoms with van der Waals surface area (Å²) in [6, 6.07) is 14.2. The molecule has 0 unspecified atom stereocenters. The second-order valence-corrected chi connectivity index (χ2v) is 7.00. The topological polar surface area (TPSA) is 102 Å². The van der Waals surface area contributed by atoms with Gasteiger partial charge in [0.1, 0.15) is 0 Å². The van der Waals surface area contributed by atoms with Crippen molar-refractivity contribution in [2.24, 2.45) is 7.05 Å². The first-order valence-corrected chi connectivity index (χ1v) is 9.62. The second-order valence-electron chi connectivity index (χ2n) is 7.00. The van der Waals surface area contributed by atoms with Crippen LogP contribution in [-0.2, 0) is 13.6 Å². The van der Waals surface area contributed by atoms with Crippen molar-refractivity contribution in [2.45, 2.75) is 13.0 Å². The Morgan fingerprint density at radius 1 is 1.10 bits per heavy atom. The molecule has 8 nitrogen and oxygen atoms in total. The van der Waals surface area contributed by atoms with Crippen molar-refractivity contribution in [3.8, 4) is 11.1 Å². The number of aromatic amines is 1. The molecule has 2 N–H and O–H groups in total. The molecule has 0 saturated heterocycles. The highest BCUT2D eigenvalue weighted by atomic mass is 16.2. The molecule has 4 rings (SSSR count). The first-order chi connectivity index (χ1) is 14.5. The summed E-state index contributed by atoms with van der Waals surface area (Å²) in [5, 5.41) is 2.89. The number of aromatic nitrogens is 4. The number of fused-ring (bicyclic) bond motifs is 1. The minimum Gasteiger partial charge on any atom is -0.352 e. The number of nitrogens with one attached hydrogen (secondary N) is 2. The standard InChI is InChI=1S/C22H21N5O3/c1-26-18-13-17(14-24-20(18)25-22(26)30)15-6-4-7-16(12-15)21(29)23-9-5-11-27-10-3-2-8-19(27)28/h2-4,6-8,10,12-14H,5,9,11H2,1H3,(H,23,29)(H,24,25,30). The molecule has 0 fully saturated rings. The van der Waals surface area contributed by atoms with Gasteiger partial charge in [-0.1, -0.05) is 18.2 Å². The number of pyridine rings is 2. The van der Waals surface area contributed by atoms with Crippen LogP contribution in [0.3, 0.4) is 0 Å². The quantitative estimate of drug-likeness (QED) is 0.480. The first-order valence-electron chi connectivity index (χ1n) is 9.62. The van der Waals surface area contributed by atoms with E-state index in [1.807, 2.05) is 24.3 Å². The SMILES string of the molecule is Cn1c(=O)[nH]c2ncc(-c3cccc(C(=O)NCCCn4ccccc4=O)c3)cc21. The Hall–Kier alpha value is -3.94. The number of hydrogen-bond donors (Lipinski definition) is 2. The van der Waals surface area contributed by atoms with Gasteiger partial charge < -0.3 is 9.88 Å². The van der Waals surface area contributed by atoms with Crippen LogP contribution < -0.4 is 16.6 Å². The molecule has 3 aromatic heterocycles. The maximum Gasteiger partial charge on any atom is 0.327 e. The van der Waals surface area contributed by atoms with Gasteiger partial charge in [-0.05, 0) is 36.2 Å². The van der Waals surface area contributed by atoms with E-state index in [1.54, 1.807) is 42.2 Å². The van der Waals surface area contributed by atoms with Crippen LogP contribution in [-0.4, -0.2) is 31.6 Å². The van der Waals surface area contributed by atoms with Crippen LogP contribution in [0.15, 0.2) is 70.5 Å². The number of benzene rings is 1. The maximum absolute atomic E-state index is 12.5. The van der Waals surface area contributed by atoms with E-state index in [-0.39, 0.29) is 17.2 Å². The third-order valence-corrected chi connectivity index (χ3v) is 4.98. The van der Waals surface area contributed by atoms with Crippen LogP contribution in [0.2, 0.25) is 0 Å². The van der Waals surface area contributed by atoms with Gasteiger partial charge in [0.15, 0.2) is 5.65 Å². The predicted octanol–water partition coefficient (Wildman–Crippen LogP) is 1.91. The van der Waals surface area contributed by atoms with E-state index < -0.39 is 0 Å². The summed E-state index contributed by atoms with van der Waals surface area (Å²) in [5.41, 5.74) is 3.13. The molecule has 0 aliphatic rings. The zero-order chi connectivity index (χ0) is 21.1. The van der Waals surface area contributed by atoms with E-state index in [2.05, 4.69) is 15.3 Å². The molecule has 152 valence electrons. The highest BCUT2D eigenvalue weighted by Crippen LogP contribution is 2.22. The summed E-state index contributed by atoms with van der Waals surface area (Å²) in [7, 11) is 1.68. The van der Waals surface area contributed by atoms with E-state index in [4.69, 9.17) is 0 Å². The lowest BCUT2D eigenvalue weighted by Gasteiger charge is -2.08. The molecule has 0 aliphatic carbocycles. The van der Waals surface area contributed by atoms with Gasteiger partial charge in [-0.2, -0.15) is 0 Å². The Morgan fingerprint density at radius 3 is 2.80 bits per heavy atom. The molecule has 3 heterocycles. The van der Waals surface area contributed by atoms with Crippen LogP contribution in [0.4, 0.5) is 0 Å². The largest absolute Gasteiger partial charge is 0.352 e. The summed E-state index contributed by atoms with van der Waals surface area (Å²) >= 11 is 0. The van der Waals surface area contributed by atoms with Gasteiger partial charge in [-0.15, -0.1) is 0 Å². The van der Waals surface area contributed by atoms with Crippen LogP contribution in [0, 0.1) is 0 Å². The summed E-state index contributed by atoms with van der Waals surface area (Å²) in [4.78, 5) is 43.0. The zero-order valence-corrected chi connectivity index (χ0v) is 16.5. The molecule has 4 aromatic rings. The van der Waals surface area contributed by atoms with Gasteiger partial charge in [0.25, 0.3) is 5.91 Å². The maximum atomic E-state index is 12.5. The summed E-state index contributed by atoms with van der Waals surface area (Å²) in [6.07, 6.45) is 4.06. The van der Waals surface area contributed by atoms with Crippen molar-refractivity contribution in [3.05, 3.63) is 87.3 Å². The number of hydrogen-bond acceptors (Lipinski definition) is 4. The smallest absolute Gasteiger partial charge is 0.327 e. The van der Waals surface area contributed by atoms with E-state index in [9.17, 15) is 14.4 Å². The lowest BCUT2D eigenvalue weighted by Crippen LogP contribution is -2.26. The average Bonchev–Trinajstić information content (AvgIpc) is 3.05. The number of imidazole rings is 1. The van der Waals surface area contributed by atoms with Crippen LogP contribution in [0.5, 0.6) is 0 Å². The highest BCUT2D eigenvalue weighted by Gasteiger charge is 2.10. The van der Waals surface area contributed by atoms with Gasteiger partial charge in [0.05, 0.1) is 5.52 Å². The van der Waals surface area contributed by atoms with Crippen LogP contribution in [0.1, 0.15) is 16.8 Å². The van der Waals surface area contributed by atoms with Crippen LogP contribution >= 0.6 is 0 Å². The molecule has 0 bridgehead atoms. The van der Waals surface area contributed by atoms with E-state index in [0.29, 0.717) is 36.2 Å². The van der Waals surface area contributed by atoms with Crippen molar-refractivity contribution in [1.82, 2.24) is 24.4 Å². The molecule has 1 amide bonds. The Labute approximate surface area is 171 Å². The Kier molecular flexibility index (Phi) is 5.30. The van der Waals surface area contributed by atoms with Crippen molar-refractivity contribution in [1.29, 1.82) is 0 Å². The lowest BCUT2D eigenvalue weighted by molar-refractivity contribution is 0.0952. The fourth-order valence-electron chi connectivity index (χ4n) is 3.30. The third-order valence-electron chi connectivity index (χ3n) is 4.98. The molecule has 0 spiro atoms. The van der Waals surface area contributed by atoms with Gasteiger partial charge in [-0.25, -0.2) is 9.78 Å². The minimum atomic E-state index is -0.222. The molecule has 0 atom stereocenters. The molecule has 1 aromatic carbocycles. The number of nitrogens with zero attached hydrogens (tertiary/aromatic N) is 3. The Bertz CT molecular complexity index is 1330. The monoisotopic (exact) mass is 403 g/mol. The number of carbonyl (C=O) groups excluding carboxylic acids is 1. The summed E-state index contributed by atoms with van der Waals surface area (Å²) in [5.74, 6) is -0.180. The fraction of sp³-hybridized carbons (Fsp3) is 0.182. The summed E-state index contributed by atoms with van der Waals surface area (Å²) < 4.78 is 3.12. The molecule has 0 aliphatic heterocycles. The normalized spacial score (nSPS) is 11.0. The molecule has 30 heavy (non-hydrogen) atoms. The predicted molar refractivity (Wildman–Crippen MR) is 114 cm³/mol. The zero-order valence-electron chi connectivity index (χ0n) is 16.5. The first kappa shape index (κ1) is 19.4. The van der Waals surface area contributed by atoms with Crippen molar-refractivity contribution in [3.63, 3.8) is 0 Å². The minimum absolute atomic E-state index is 0.0537. The van der Waals surface area contributed by atoms with Gasteiger partial charge >= 0.3 is 5.69 Å². The number of H-pyrrole nitrogens is 1. The number of amides is 1. The molecular weight excluding hydrogens is 382 g/mol. The number of aryl methyl sites for hydroxylation is 2. The van der Waals surface area contributed by atoms with Crippen LogP contribution in [0.25, 0.3) is 22.3 Å². The number of rotatable bonds is 6. The third kappa shape index (κ3) is 3.93. The summed E-state index contributed by atoms with van der Waals surface area (Å²) in [6.45, 7) is 1.00. The Morgan fingerprint density at radius 2 is 1.97 bits per heavy atom. The van der Waals surface area contributed by atoms with Crippen molar-refractivity contribution >= 4 is 17.1 Å². The molecule has 8 heteroatoms. The average molecular weight is 403 g/mol. The van der Waals surface area contributed by atoms with E-state index in [1.165, 1.54) is 10.6 Å². The molecule has 0 saturated carbocycles. The van der Waals surface area contributed by atoms with Gasteiger partial charge in [0, 0.05) is 49.7 Å². The lowest BCUT2D eigenvalue weighted by atomic mass is 10.0. The van der Waals surface area contributed by atoms with E-state index in [0.717, 1.165) is 11.1 Å². The van der Waals surface area contributed by atoms with E-state index >= 15 is 0 Å². The molecule has 0 radical (unpaired) electrons. The molecular formula is C22H21N5O3. The van der Waals surface area contributed by atoms with Crippen molar-refractivity contribution in [2.75, 3.05) is 6.54 Å².